The fourth-order valence-electron chi connectivity index (χ4n) is 4.68. The smallest absolute Gasteiger partial charge is 0.343 e. The number of aliphatic carboxylic acids is 2. The Bertz CT molecular complexity index is 1670. The Balaban J connectivity index is 1.75. The lowest BCUT2D eigenvalue weighted by atomic mass is 10.0. The van der Waals surface area contributed by atoms with Gasteiger partial charge >= 0.3 is 23.9 Å². The summed E-state index contributed by atoms with van der Waals surface area (Å²) in [5, 5.41) is 28.7. The van der Waals surface area contributed by atoms with Gasteiger partial charge in [0.25, 0.3) is 5.91 Å². The molecule has 7 N–H and O–H groups in total. The van der Waals surface area contributed by atoms with Crippen molar-refractivity contribution in [3.05, 3.63) is 88.5 Å². The molecule has 1 unspecified atom stereocenters. The number of fused-ring (bicyclic) bond motifs is 2. The van der Waals surface area contributed by atoms with E-state index >= 15 is 0 Å². The van der Waals surface area contributed by atoms with Gasteiger partial charge in [-0.3, -0.25) is 9.59 Å². The third-order valence-electron chi connectivity index (χ3n) is 6.63. The summed E-state index contributed by atoms with van der Waals surface area (Å²) in [4.78, 5) is 67.4. The Morgan fingerprint density at radius 1 is 0.977 bits per heavy atom. The lowest BCUT2D eigenvalue weighted by Gasteiger charge is -2.29. The van der Waals surface area contributed by atoms with Gasteiger partial charge in [0, 0.05) is 6.54 Å². The number of para-hydroxylation sites is 1. The summed E-state index contributed by atoms with van der Waals surface area (Å²) < 4.78 is 11.5. The van der Waals surface area contributed by atoms with Crippen molar-refractivity contribution in [2.45, 2.75) is 31.8 Å². The first-order valence-corrected chi connectivity index (χ1v) is 13.2. The number of carbonyl (C=O) groups is 5. The van der Waals surface area contributed by atoms with Crippen LogP contribution in [0.15, 0.2) is 65.7 Å². The Hall–Kier alpha value is -5.92. The van der Waals surface area contributed by atoms with E-state index in [1.54, 1.807) is 6.07 Å². The van der Waals surface area contributed by atoms with E-state index in [1.807, 2.05) is 0 Å². The number of aliphatic imine (C=N–C) groups is 1. The van der Waals surface area contributed by atoms with Crippen LogP contribution in [0, 0.1) is 0 Å². The summed E-state index contributed by atoms with van der Waals surface area (Å²) in [5.41, 5.74) is 12.1. The molecular weight excluding hydrogens is 576 g/mol. The van der Waals surface area contributed by atoms with Crippen molar-refractivity contribution >= 4 is 41.4 Å². The topological polar surface area (TPSA) is 232 Å². The van der Waals surface area contributed by atoms with Gasteiger partial charge in [0.05, 0.1) is 35.4 Å². The van der Waals surface area contributed by atoms with E-state index in [0.29, 0.717) is 24.1 Å². The van der Waals surface area contributed by atoms with Gasteiger partial charge in [0.15, 0.2) is 17.5 Å². The summed E-state index contributed by atoms with van der Waals surface area (Å²) in [6, 6.07) is 12.4. The number of amides is 1. The molecule has 14 heteroatoms. The maximum absolute atomic E-state index is 14.0. The van der Waals surface area contributed by atoms with Crippen LogP contribution in [0.25, 0.3) is 0 Å². The number of nitrogens with two attached hydrogens (primary N) is 2. The number of hydrogen-bond acceptors (Lipinski definition) is 8. The Kier molecular flexibility index (Phi) is 9.43. The highest BCUT2D eigenvalue weighted by Gasteiger charge is 2.35. The molecule has 0 bridgehead atoms. The third kappa shape index (κ3) is 7.28. The molecule has 1 heterocycles. The lowest BCUT2D eigenvalue weighted by Crippen LogP contribution is -2.46. The first-order valence-electron chi connectivity index (χ1n) is 13.2. The number of hydrogen-bond donors (Lipinski definition) is 5. The summed E-state index contributed by atoms with van der Waals surface area (Å²) in [5.74, 6) is -6.43. The van der Waals surface area contributed by atoms with E-state index in [0.717, 1.165) is 4.90 Å². The maximum atomic E-state index is 14.0. The zero-order chi connectivity index (χ0) is 32.0. The van der Waals surface area contributed by atoms with Crippen LogP contribution >= 0.6 is 0 Å². The molecule has 1 aliphatic rings. The van der Waals surface area contributed by atoms with Crippen molar-refractivity contribution < 1.29 is 48.8 Å². The Labute approximate surface area is 250 Å². The second-order valence-electron chi connectivity index (χ2n) is 9.74. The number of carboxylic acid groups (broad SMARTS) is 3. The highest BCUT2D eigenvalue weighted by atomic mass is 16.6. The molecule has 0 fully saturated rings. The van der Waals surface area contributed by atoms with Crippen LogP contribution in [0.2, 0.25) is 0 Å². The molecule has 0 aliphatic carbocycles. The summed E-state index contributed by atoms with van der Waals surface area (Å²) in [6.07, 6.45) is -0.200. The van der Waals surface area contributed by atoms with Gasteiger partial charge in [-0.2, -0.15) is 0 Å². The van der Waals surface area contributed by atoms with Crippen LogP contribution in [-0.4, -0.2) is 68.6 Å². The minimum absolute atomic E-state index is 0.0545. The number of guanidine groups is 1. The summed E-state index contributed by atoms with van der Waals surface area (Å²) >= 11 is 0. The van der Waals surface area contributed by atoms with Crippen LogP contribution in [0.1, 0.15) is 55.0 Å². The Morgan fingerprint density at radius 3 is 2.41 bits per heavy atom. The van der Waals surface area contributed by atoms with Crippen LogP contribution < -0.4 is 20.9 Å². The van der Waals surface area contributed by atoms with Gasteiger partial charge in [-0.15, -0.1) is 0 Å². The summed E-state index contributed by atoms with van der Waals surface area (Å²) in [7, 11) is 0. The van der Waals surface area contributed by atoms with Crippen LogP contribution in [0.3, 0.4) is 0 Å². The molecule has 0 saturated carbocycles. The van der Waals surface area contributed by atoms with Crippen molar-refractivity contribution in [2.24, 2.45) is 16.5 Å². The molecule has 44 heavy (non-hydrogen) atoms. The van der Waals surface area contributed by atoms with Crippen LogP contribution in [0.5, 0.6) is 11.5 Å². The number of benzene rings is 3. The molecule has 228 valence electrons. The van der Waals surface area contributed by atoms with Gasteiger partial charge in [-0.25, -0.2) is 19.4 Å². The number of nitrogens with zero attached hydrogens (tertiary/aromatic N) is 2. The molecule has 0 spiro atoms. The monoisotopic (exact) mass is 604 g/mol. The number of esters is 1. The molecule has 0 radical (unpaired) electrons. The second-order valence-corrected chi connectivity index (χ2v) is 9.74. The fourth-order valence-corrected chi connectivity index (χ4v) is 4.68. The molecule has 4 rings (SSSR count). The normalized spacial score (nSPS) is 13.1. The maximum Gasteiger partial charge on any atom is 0.343 e. The molecular formula is C30H28N4O10. The molecule has 1 atom stereocenters. The van der Waals surface area contributed by atoms with Gasteiger partial charge in [-0.05, 0) is 66.4 Å². The van der Waals surface area contributed by atoms with E-state index in [1.165, 1.54) is 54.6 Å². The predicted octanol–water partition coefficient (Wildman–Crippen LogP) is 2.40. The molecule has 1 aliphatic heterocycles. The molecule has 3 aromatic carbocycles. The van der Waals surface area contributed by atoms with Crippen molar-refractivity contribution in [1.82, 2.24) is 4.90 Å². The van der Waals surface area contributed by atoms with Crippen molar-refractivity contribution in [3.8, 4) is 11.5 Å². The molecule has 1 amide bonds. The molecule has 3 aromatic rings. The SMILES string of the molecule is NC(N)=Nc1ccc2c(c1)CCCOc1c(cccc1C(=O)N(Cc1cccc(C(=O)O)c1)C(CC(=O)O)C(=O)O)OC2=O. The quantitative estimate of drug-likeness (QED) is 0.103. The summed E-state index contributed by atoms with van der Waals surface area (Å²) in [6.45, 7) is -0.391. The van der Waals surface area contributed by atoms with E-state index in [4.69, 9.17) is 20.9 Å². The number of carbonyl (C=O) groups excluding carboxylic acids is 2. The van der Waals surface area contributed by atoms with Gasteiger partial charge in [0.1, 0.15) is 6.04 Å². The zero-order valence-corrected chi connectivity index (χ0v) is 23.1. The minimum Gasteiger partial charge on any atom is -0.489 e. The first-order chi connectivity index (χ1) is 20.9. The van der Waals surface area contributed by atoms with Gasteiger partial charge in [0.2, 0.25) is 0 Å². The van der Waals surface area contributed by atoms with E-state index in [9.17, 15) is 39.3 Å². The lowest BCUT2D eigenvalue weighted by molar-refractivity contribution is -0.149. The van der Waals surface area contributed by atoms with Gasteiger partial charge < -0.3 is 41.2 Å². The number of aromatic carboxylic acids is 1. The average Bonchev–Trinajstić information content (AvgIpc) is 2.96. The molecule has 14 nitrogen and oxygen atoms in total. The second kappa shape index (κ2) is 13.4. The number of aryl methyl sites for hydroxylation is 1. The third-order valence-corrected chi connectivity index (χ3v) is 6.63. The van der Waals surface area contributed by atoms with Gasteiger partial charge in [-0.1, -0.05) is 18.2 Å². The fraction of sp³-hybridized carbons (Fsp3) is 0.200. The van der Waals surface area contributed by atoms with E-state index < -0.39 is 48.8 Å². The number of rotatable bonds is 9. The largest absolute Gasteiger partial charge is 0.489 e. The first kappa shape index (κ1) is 31.0. The minimum atomic E-state index is -1.84. The average molecular weight is 605 g/mol. The number of ether oxygens (including phenoxy) is 2. The standard InChI is InChI=1S/C30H28N4O10/c31-30(32)33-19-9-10-20-17(13-19)6-3-11-43-25-21(7-2-8-23(25)44-29(20)42)26(37)34(22(28(40)41)14-24(35)36)15-16-4-1-5-18(12-16)27(38)39/h1-2,4-5,7-10,12-13,22H,3,6,11,14-15H2,(H,35,36)(H,38,39)(H,40,41)(H4,31,32,33). The number of carboxylic acids is 3. The van der Waals surface area contributed by atoms with E-state index in [-0.39, 0.29) is 46.3 Å². The molecule has 0 saturated heterocycles. The highest BCUT2D eigenvalue weighted by Crippen LogP contribution is 2.35. The predicted molar refractivity (Wildman–Crippen MR) is 154 cm³/mol. The van der Waals surface area contributed by atoms with Crippen molar-refractivity contribution in [1.29, 1.82) is 0 Å². The Morgan fingerprint density at radius 2 is 1.73 bits per heavy atom. The van der Waals surface area contributed by atoms with Crippen LogP contribution in [-0.2, 0) is 22.6 Å². The van der Waals surface area contributed by atoms with Crippen molar-refractivity contribution in [3.63, 3.8) is 0 Å². The van der Waals surface area contributed by atoms with Crippen molar-refractivity contribution in [2.75, 3.05) is 6.61 Å². The molecule has 0 aromatic heterocycles. The van der Waals surface area contributed by atoms with Crippen LogP contribution in [0.4, 0.5) is 5.69 Å². The highest BCUT2D eigenvalue weighted by molar-refractivity contribution is 6.01. The zero-order valence-electron chi connectivity index (χ0n) is 23.1. The van der Waals surface area contributed by atoms with E-state index in [2.05, 4.69) is 4.99 Å².